The molecule has 1 unspecified atom stereocenters. The van der Waals surface area contributed by atoms with Crippen LogP contribution in [0.5, 0.6) is 0 Å². The highest BCUT2D eigenvalue weighted by atomic mass is 35.5. The van der Waals surface area contributed by atoms with Gasteiger partial charge in [-0.1, -0.05) is 35.3 Å². The molecule has 0 amide bonds. The van der Waals surface area contributed by atoms with Crippen molar-refractivity contribution in [3.8, 4) is 6.07 Å². The summed E-state index contributed by atoms with van der Waals surface area (Å²) in [5.41, 5.74) is 2.10. The van der Waals surface area contributed by atoms with Gasteiger partial charge in [-0.3, -0.25) is 0 Å². The molecule has 0 heterocycles. The molecule has 0 bridgehead atoms. The molecule has 2 rings (SSSR count). The highest BCUT2D eigenvalue weighted by molar-refractivity contribution is 6.42. The molecule has 1 N–H and O–H groups in total. The smallest absolute Gasteiger partial charge is 0.129 e. The van der Waals surface area contributed by atoms with Crippen molar-refractivity contribution in [2.45, 2.75) is 19.9 Å². The van der Waals surface area contributed by atoms with Gasteiger partial charge in [0.25, 0.3) is 0 Å². The normalized spacial score (nSPS) is 11.8. The lowest BCUT2D eigenvalue weighted by atomic mass is 10.1. The largest absolute Gasteiger partial charge is 0.378 e. The van der Waals surface area contributed by atoms with Crippen molar-refractivity contribution >= 4 is 28.9 Å². The molecule has 0 fully saturated rings. The molecular weight excluding hydrogens is 310 g/mol. The monoisotopic (exact) mass is 322 g/mol. The van der Waals surface area contributed by atoms with Gasteiger partial charge in [-0.25, -0.2) is 4.39 Å². The van der Waals surface area contributed by atoms with E-state index in [0.29, 0.717) is 21.3 Å². The second kappa shape index (κ2) is 6.34. The number of anilines is 1. The lowest BCUT2D eigenvalue weighted by molar-refractivity contribution is 0.618. The average molecular weight is 323 g/mol. The van der Waals surface area contributed by atoms with Gasteiger partial charge < -0.3 is 5.32 Å². The van der Waals surface area contributed by atoms with Crippen molar-refractivity contribution in [1.82, 2.24) is 0 Å². The molecule has 5 heteroatoms. The summed E-state index contributed by atoms with van der Waals surface area (Å²) in [6.45, 7) is 3.55. The van der Waals surface area contributed by atoms with E-state index in [2.05, 4.69) is 5.32 Å². The number of hydrogen-bond donors (Lipinski definition) is 1. The Balaban J connectivity index is 2.36. The number of nitriles is 1. The van der Waals surface area contributed by atoms with Crippen LogP contribution in [0.25, 0.3) is 0 Å². The fourth-order valence-corrected chi connectivity index (χ4v) is 2.53. The lowest BCUT2D eigenvalue weighted by Gasteiger charge is -2.19. The Kier molecular flexibility index (Phi) is 4.72. The molecule has 2 aromatic rings. The number of hydrogen-bond acceptors (Lipinski definition) is 2. The molecule has 21 heavy (non-hydrogen) atoms. The minimum absolute atomic E-state index is 0.178. The molecule has 108 valence electrons. The second-order valence-corrected chi connectivity index (χ2v) is 5.54. The van der Waals surface area contributed by atoms with E-state index >= 15 is 0 Å². The van der Waals surface area contributed by atoms with Gasteiger partial charge in [-0.05, 0) is 37.6 Å². The Hall–Kier alpha value is -1.76. The summed E-state index contributed by atoms with van der Waals surface area (Å²) in [5, 5.41) is 13.0. The zero-order valence-corrected chi connectivity index (χ0v) is 13.1. The third-order valence-corrected chi connectivity index (χ3v) is 4.13. The molecule has 0 aromatic heterocycles. The summed E-state index contributed by atoms with van der Waals surface area (Å²) < 4.78 is 13.8. The minimum atomic E-state index is -0.416. The van der Waals surface area contributed by atoms with Crippen molar-refractivity contribution in [2.24, 2.45) is 0 Å². The first-order valence-corrected chi connectivity index (χ1v) is 7.10. The van der Waals surface area contributed by atoms with Crippen molar-refractivity contribution < 1.29 is 4.39 Å². The maximum absolute atomic E-state index is 13.8. The van der Waals surface area contributed by atoms with E-state index in [1.165, 1.54) is 6.07 Å². The Morgan fingerprint density at radius 3 is 2.67 bits per heavy atom. The van der Waals surface area contributed by atoms with Crippen molar-refractivity contribution in [2.75, 3.05) is 5.32 Å². The van der Waals surface area contributed by atoms with E-state index in [1.807, 2.05) is 19.1 Å². The maximum atomic E-state index is 13.8. The van der Waals surface area contributed by atoms with E-state index in [9.17, 15) is 4.39 Å². The predicted molar refractivity (Wildman–Crippen MR) is 84.4 cm³/mol. The second-order valence-electron chi connectivity index (χ2n) is 4.75. The van der Waals surface area contributed by atoms with E-state index < -0.39 is 5.82 Å². The summed E-state index contributed by atoms with van der Waals surface area (Å²) >= 11 is 12.2. The third-order valence-electron chi connectivity index (χ3n) is 3.29. The molecule has 2 aromatic carbocycles. The first-order valence-electron chi connectivity index (χ1n) is 6.34. The van der Waals surface area contributed by atoms with Gasteiger partial charge in [0.2, 0.25) is 0 Å². The van der Waals surface area contributed by atoms with Gasteiger partial charge in [-0.2, -0.15) is 5.26 Å². The Labute approximate surface area is 133 Å². The molecule has 0 aliphatic heterocycles. The van der Waals surface area contributed by atoms with E-state index in [-0.39, 0.29) is 11.6 Å². The van der Waals surface area contributed by atoms with Gasteiger partial charge in [0.15, 0.2) is 0 Å². The van der Waals surface area contributed by atoms with Crippen LogP contribution in [0.3, 0.4) is 0 Å². The van der Waals surface area contributed by atoms with Crippen molar-refractivity contribution in [3.63, 3.8) is 0 Å². The van der Waals surface area contributed by atoms with E-state index in [4.69, 9.17) is 28.5 Å². The molecule has 1 atom stereocenters. The van der Waals surface area contributed by atoms with Crippen LogP contribution in [-0.2, 0) is 0 Å². The highest BCUT2D eigenvalue weighted by Crippen LogP contribution is 2.32. The quantitative estimate of drug-likeness (QED) is 0.811. The average Bonchev–Trinajstić information content (AvgIpc) is 2.46. The zero-order valence-electron chi connectivity index (χ0n) is 11.5. The lowest BCUT2D eigenvalue weighted by Crippen LogP contribution is -2.09. The molecule has 0 saturated heterocycles. The summed E-state index contributed by atoms with van der Waals surface area (Å²) in [4.78, 5) is 0. The molecule has 0 radical (unpaired) electrons. The highest BCUT2D eigenvalue weighted by Gasteiger charge is 2.14. The predicted octanol–water partition coefficient (Wildman–Crippen LogP) is 5.49. The minimum Gasteiger partial charge on any atom is -0.378 e. The first kappa shape index (κ1) is 15.6. The number of rotatable bonds is 3. The van der Waals surface area contributed by atoms with Crippen LogP contribution in [0, 0.1) is 24.1 Å². The topological polar surface area (TPSA) is 35.8 Å². The van der Waals surface area contributed by atoms with Crippen LogP contribution in [0.4, 0.5) is 10.1 Å². The fourth-order valence-electron chi connectivity index (χ4n) is 2.06. The van der Waals surface area contributed by atoms with Crippen molar-refractivity contribution in [1.29, 1.82) is 5.26 Å². The van der Waals surface area contributed by atoms with Gasteiger partial charge >= 0.3 is 0 Å². The summed E-state index contributed by atoms with van der Waals surface area (Å²) in [5.74, 6) is -0.416. The molecule has 0 aliphatic rings. The number of nitrogens with one attached hydrogen (secondary N) is 1. The first-order chi connectivity index (χ1) is 9.93. The number of halogens is 3. The number of benzene rings is 2. The van der Waals surface area contributed by atoms with Crippen LogP contribution >= 0.6 is 23.2 Å². The molecule has 0 aliphatic carbocycles. The van der Waals surface area contributed by atoms with Crippen molar-refractivity contribution in [3.05, 3.63) is 62.9 Å². The Morgan fingerprint density at radius 2 is 2.00 bits per heavy atom. The molecular formula is C16H13Cl2FN2. The fraction of sp³-hybridized carbons (Fsp3) is 0.188. The van der Waals surface area contributed by atoms with Crippen LogP contribution < -0.4 is 5.32 Å². The zero-order chi connectivity index (χ0) is 15.6. The number of nitrogens with zero attached hydrogens (tertiary/aromatic N) is 1. The standard InChI is InChI=1S/C16H13Cl2FN2/c1-9-14(19)6-11(8-20)7-15(9)21-10(2)12-4-3-5-13(17)16(12)18/h3-7,10,21H,1-2H3. The van der Waals surface area contributed by atoms with Crippen LogP contribution in [0.15, 0.2) is 30.3 Å². The Morgan fingerprint density at radius 1 is 1.29 bits per heavy atom. The van der Waals surface area contributed by atoms with Gasteiger partial charge in [0.1, 0.15) is 5.82 Å². The molecule has 0 saturated carbocycles. The van der Waals surface area contributed by atoms with Crippen LogP contribution in [-0.4, -0.2) is 0 Å². The summed E-state index contributed by atoms with van der Waals surface area (Å²) in [7, 11) is 0. The summed E-state index contributed by atoms with van der Waals surface area (Å²) in [6, 6.07) is 9.97. The van der Waals surface area contributed by atoms with E-state index in [0.717, 1.165) is 5.56 Å². The molecule has 0 spiro atoms. The third kappa shape index (κ3) is 3.29. The van der Waals surface area contributed by atoms with Crippen LogP contribution in [0.1, 0.15) is 29.7 Å². The SMILES string of the molecule is Cc1c(F)cc(C#N)cc1NC(C)c1cccc(Cl)c1Cl. The van der Waals surface area contributed by atoms with E-state index in [1.54, 1.807) is 25.1 Å². The van der Waals surface area contributed by atoms with Gasteiger partial charge in [0.05, 0.1) is 27.7 Å². The van der Waals surface area contributed by atoms with Gasteiger partial charge in [-0.15, -0.1) is 0 Å². The maximum Gasteiger partial charge on any atom is 0.129 e. The Bertz CT molecular complexity index is 723. The van der Waals surface area contributed by atoms with Crippen LogP contribution in [0.2, 0.25) is 10.0 Å². The summed E-state index contributed by atoms with van der Waals surface area (Å²) in [6.07, 6.45) is 0. The van der Waals surface area contributed by atoms with Gasteiger partial charge in [0, 0.05) is 11.3 Å². The molecule has 2 nitrogen and oxygen atoms in total.